The highest BCUT2D eigenvalue weighted by Crippen LogP contribution is 2.26. The Kier molecular flexibility index (Phi) is 2.94. The molecule has 0 unspecified atom stereocenters. The van der Waals surface area contributed by atoms with E-state index in [0.29, 0.717) is 0 Å². The van der Waals surface area contributed by atoms with Crippen LogP contribution in [0.3, 0.4) is 0 Å². The zero-order chi connectivity index (χ0) is 15.1. The number of aromatic amines is 1. The number of thiophene rings is 1. The van der Waals surface area contributed by atoms with Gasteiger partial charge in [0.1, 0.15) is 0 Å². The zero-order valence-corrected chi connectivity index (χ0v) is 12.4. The molecular weight excluding hydrogens is 296 g/mol. The van der Waals surface area contributed by atoms with E-state index >= 15 is 0 Å². The maximum absolute atomic E-state index is 11.1. The predicted molar refractivity (Wildman–Crippen MR) is 87.7 cm³/mol. The van der Waals surface area contributed by atoms with Gasteiger partial charge in [-0.05, 0) is 40.6 Å². The maximum Gasteiger partial charge on any atom is 0.335 e. The van der Waals surface area contributed by atoms with Gasteiger partial charge in [-0.15, -0.1) is 0 Å². The molecule has 5 heteroatoms. The number of benzene rings is 1. The van der Waals surface area contributed by atoms with Crippen molar-refractivity contribution in [3.8, 4) is 0 Å². The maximum atomic E-state index is 11.1. The fourth-order valence-corrected chi connectivity index (χ4v) is 3.35. The largest absolute Gasteiger partial charge is 0.478 e. The van der Waals surface area contributed by atoms with Crippen LogP contribution in [0.4, 0.5) is 0 Å². The Bertz CT molecular complexity index is 987. The number of carboxylic acid groups (broad SMARTS) is 1. The fourth-order valence-electron chi connectivity index (χ4n) is 2.68. The lowest BCUT2D eigenvalue weighted by Gasteiger charge is -1.98. The van der Waals surface area contributed by atoms with E-state index < -0.39 is 5.97 Å². The van der Waals surface area contributed by atoms with Crippen LogP contribution in [0.25, 0.3) is 21.8 Å². The lowest BCUT2D eigenvalue weighted by atomic mass is 10.1. The van der Waals surface area contributed by atoms with Crippen LogP contribution in [0.15, 0.2) is 47.3 Å². The molecule has 3 heterocycles. The molecule has 4 rings (SSSR count). The molecule has 0 spiro atoms. The molecule has 0 aliphatic rings. The van der Waals surface area contributed by atoms with Gasteiger partial charge in [0.05, 0.1) is 5.56 Å². The van der Waals surface area contributed by atoms with E-state index in [9.17, 15) is 4.79 Å². The van der Waals surface area contributed by atoms with Gasteiger partial charge < -0.3 is 10.1 Å². The second-order valence-corrected chi connectivity index (χ2v) is 6.00. The van der Waals surface area contributed by atoms with Crippen molar-refractivity contribution in [2.24, 2.45) is 0 Å². The summed E-state index contributed by atoms with van der Waals surface area (Å²) in [5.41, 5.74) is 4.34. The first kappa shape index (κ1) is 13.0. The summed E-state index contributed by atoms with van der Waals surface area (Å²) in [6.45, 7) is 0. The Labute approximate surface area is 130 Å². The van der Waals surface area contributed by atoms with Crippen molar-refractivity contribution in [2.45, 2.75) is 6.42 Å². The van der Waals surface area contributed by atoms with Gasteiger partial charge in [-0.2, -0.15) is 11.3 Å². The first-order chi connectivity index (χ1) is 10.7. The number of carbonyl (C=O) groups is 1. The van der Waals surface area contributed by atoms with Crippen molar-refractivity contribution >= 4 is 39.1 Å². The van der Waals surface area contributed by atoms with Crippen LogP contribution in [0, 0.1) is 0 Å². The zero-order valence-electron chi connectivity index (χ0n) is 11.5. The molecule has 0 radical (unpaired) electrons. The van der Waals surface area contributed by atoms with Gasteiger partial charge in [0.15, 0.2) is 0 Å². The summed E-state index contributed by atoms with van der Waals surface area (Å²) in [4.78, 5) is 18.9. The summed E-state index contributed by atoms with van der Waals surface area (Å²) < 4.78 is 0. The second kappa shape index (κ2) is 4.96. The average molecular weight is 308 g/mol. The number of hydrogen-bond donors (Lipinski definition) is 2. The molecule has 0 atom stereocenters. The van der Waals surface area contributed by atoms with Crippen LogP contribution < -0.4 is 0 Å². The lowest BCUT2D eigenvalue weighted by molar-refractivity contribution is 0.0697. The number of aromatic nitrogens is 2. The van der Waals surface area contributed by atoms with E-state index in [0.717, 1.165) is 33.9 Å². The minimum absolute atomic E-state index is 0.283. The number of pyridine rings is 1. The molecule has 2 N–H and O–H groups in total. The van der Waals surface area contributed by atoms with E-state index in [1.807, 2.05) is 18.3 Å². The van der Waals surface area contributed by atoms with Gasteiger partial charge >= 0.3 is 5.97 Å². The van der Waals surface area contributed by atoms with Gasteiger partial charge in [0.25, 0.3) is 0 Å². The third kappa shape index (κ3) is 2.16. The van der Waals surface area contributed by atoms with E-state index in [2.05, 4.69) is 26.8 Å². The second-order valence-electron chi connectivity index (χ2n) is 5.22. The number of nitrogens with zero attached hydrogens (tertiary/aromatic N) is 1. The Hall–Kier alpha value is -2.66. The van der Waals surface area contributed by atoms with Crippen molar-refractivity contribution < 1.29 is 9.90 Å². The summed E-state index contributed by atoms with van der Waals surface area (Å²) >= 11 is 1.68. The van der Waals surface area contributed by atoms with Gasteiger partial charge in [-0.25, -0.2) is 4.79 Å². The van der Waals surface area contributed by atoms with Crippen LogP contribution in [0.2, 0.25) is 0 Å². The molecule has 0 saturated heterocycles. The average Bonchev–Trinajstić information content (AvgIpc) is 3.13. The molecule has 3 aromatic heterocycles. The van der Waals surface area contributed by atoms with Crippen molar-refractivity contribution in [3.63, 3.8) is 0 Å². The third-order valence-corrected chi connectivity index (χ3v) is 4.48. The standard InChI is InChI=1S/C17H12N2O2S/c20-17(21)11-1-2-13-14-8-18-12(5-10-3-4-22-9-10)7-16(14)19-15(13)6-11/h1-4,6-9,19H,5H2,(H,20,21). The van der Waals surface area contributed by atoms with E-state index in [4.69, 9.17) is 5.11 Å². The number of H-pyrrole nitrogens is 1. The number of nitrogens with one attached hydrogen (secondary N) is 1. The Morgan fingerprint density at radius 3 is 2.82 bits per heavy atom. The minimum atomic E-state index is -0.920. The van der Waals surface area contributed by atoms with Gasteiger partial charge in [0, 0.05) is 40.1 Å². The molecule has 22 heavy (non-hydrogen) atoms. The Morgan fingerprint density at radius 1 is 1.18 bits per heavy atom. The number of carboxylic acids is 1. The molecule has 0 amide bonds. The SMILES string of the molecule is O=C(O)c1ccc2c(c1)[nH]c1cc(Cc3ccsc3)ncc12. The van der Waals surface area contributed by atoms with Gasteiger partial charge in [-0.1, -0.05) is 6.07 Å². The van der Waals surface area contributed by atoms with Crippen LogP contribution in [-0.4, -0.2) is 21.0 Å². The molecular formula is C17H12N2O2S. The van der Waals surface area contributed by atoms with Gasteiger partial charge in [-0.3, -0.25) is 4.98 Å². The lowest BCUT2D eigenvalue weighted by Crippen LogP contribution is -1.94. The predicted octanol–water partition coefficient (Wildman–Crippen LogP) is 4.07. The molecule has 108 valence electrons. The smallest absolute Gasteiger partial charge is 0.335 e. The summed E-state index contributed by atoms with van der Waals surface area (Å²) in [6.07, 6.45) is 2.66. The highest BCUT2D eigenvalue weighted by Gasteiger charge is 2.09. The summed E-state index contributed by atoms with van der Waals surface area (Å²) in [7, 11) is 0. The van der Waals surface area contributed by atoms with Crippen molar-refractivity contribution in [3.05, 3.63) is 64.1 Å². The molecule has 0 bridgehead atoms. The van der Waals surface area contributed by atoms with Crippen molar-refractivity contribution in [1.82, 2.24) is 9.97 Å². The molecule has 4 nitrogen and oxygen atoms in total. The van der Waals surface area contributed by atoms with Crippen molar-refractivity contribution in [2.75, 3.05) is 0 Å². The molecule has 0 aliphatic heterocycles. The monoisotopic (exact) mass is 308 g/mol. The Balaban J connectivity index is 1.82. The minimum Gasteiger partial charge on any atom is -0.478 e. The van der Waals surface area contributed by atoms with E-state index in [-0.39, 0.29) is 5.56 Å². The molecule has 1 aromatic carbocycles. The number of rotatable bonds is 3. The first-order valence-electron chi connectivity index (χ1n) is 6.85. The van der Waals surface area contributed by atoms with Crippen molar-refractivity contribution in [1.29, 1.82) is 0 Å². The molecule has 0 saturated carbocycles. The molecule has 0 fully saturated rings. The summed E-state index contributed by atoms with van der Waals surface area (Å²) in [6, 6.07) is 9.25. The first-order valence-corrected chi connectivity index (χ1v) is 7.80. The van der Waals surface area contributed by atoms with Gasteiger partial charge in [0.2, 0.25) is 0 Å². The topological polar surface area (TPSA) is 66.0 Å². The summed E-state index contributed by atoms with van der Waals surface area (Å²) in [5, 5.41) is 15.3. The van der Waals surface area contributed by atoms with E-state index in [1.54, 1.807) is 23.5 Å². The number of hydrogen-bond acceptors (Lipinski definition) is 3. The van der Waals surface area contributed by atoms with Crippen LogP contribution in [0.1, 0.15) is 21.6 Å². The Morgan fingerprint density at radius 2 is 2.05 bits per heavy atom. The summed E-state index contributed by atoms with van der Waals surface area (Å²) in [5.74, 6) is -0.920. The number of aromatic carboxylic acids is 1. The van der Waals surface area contributed by atoms with Crippen LogP contribution in [-0.2, 0) is 6.42 Å². The number of fused-ring (bicyclic) bond motifs is 3. The van der Waals surface area contributed by atoms with E-state index in [1.165, 1.54) is 5.56 Å². The highest BCUT2D eigenvalue weighted by atomic mass is 32.1. The molecule has 4 aromatic rings. The fraction of sp³-hybridized carbons (Fsp3) is 0.0588. The van der Waals surface area contributed by atoms with Crippen LogP contribution in [0.5, 0.6) is 0 Å². The molecule has 0 aliphatic carbocycles. The van der Waals surface area contributed by atoms with Crippen LogP contribution >= 0.6 is 11.3 Å². The highest BCUT2D eigenvalue weighted by molar-refractivity contribution is 7.07. The normalized spacial score (nSPS) is 11.3. The quantitative estimate of drug-likeness (QED) is 0.599. The third-order valence-electron chi connectivity index (χ3n) is 3.75.